The monoisotopic (exact) mass is 276 g/mol. The average molecular weight is 276 g/mol. The molecule has 0 aliphatic heterocycles. The number of ether oxygens (including phenoxy) is 1. The Hall–Kier alpha value is -2.32. The molecule has 0 unspecified atom stereocenters. The number of nitrogens with zero attached hydrogens (tertiary/aromatic N) is 2. The van der Waals surface area contributed by atoms with E-state index in [1.165, 1.54) is 6.92 Å². The van der Waals surface area contributed by atoms with Gasteiger partial charge < -0.3 is 19.8 Å². The van der Waals surface area contributed by atoms with Gasteiger partial charge in [-0.15, -0.1) is 0 Å². The SMILES string of the molecule is CCOC(=O)C(=O)N(CCN(CC)C(=O)O)C(=O)O. The first-order valence-corrected chi connectivity index (χ1v) is 5.54. The topological polar surface area (TPSA) is 124 Å². The molecule has 0 fully saturated rings. The van der Waals surface area contributed by atoms with Crippen molar-refractivity contribution >= 4 is 24.1 Å². The molecule has 0 bridgehead atoms. The highest BCUT2D eigenvalue weighted by molar-refractivity contribution is 6.34. The van der Waals surface area contributed by atoms with Crippen molar-refractivity contribution < 1.29 is 34.1 Å². The summed E-state index contributed by atoms with van der Waals surface area (Å²) in [6.07, 6.45) is -2.88. The fourth-order valence-corrected chi connectivity index (χ4v) is 1.20. The number of carbonyl (C=O) groups is 4. The highest BCUT2D eigenvalue weighted by Crippen LogP contribution is 1.97. The minimum Gasteiger partial charge on any atom is -0.465 e. The minimum atomic E-state index is -1.64. The number of imide groups is 1. The van der Waals surface area contributed by atoms with Crippen LogP contribution in [0.4, 0.5) is 9.59 Å². The second kappa shape index (κ2) is 7.90. The van der Waals surface area contributed by atoms with Crippen LogP contribution in [0.2, 0.25) is 0 Å². The van der Waals surface area contributed by atoms with E-state index in [0.717, 1.165) is 4.90 Å². The number of hydrogen-bond acceptors (Lipinski definition) is 5. The van der Waals surface area contributed by atoms with Gasteiger partial charge in [0.15, 0.2) is 0 Å². The quantitative estimate of drug-likeness (QED) is 0.537. The van der Waals surface area contributed by atoms with Crippen molar-refractivity contribution in [2.75, 3.05) is 26.2 Å². The van der Waals surface area contributed by atoms with E-state index < -0.39 is 30.6 Å². The lowest BCUT2D eigenvalue weighted by Crippen LogP contribution is -2.46. The smallest absolute Gasteiger partial charge is 0.414 e. The summed E-state index contributed by atoms with van der Waals surface area (Å²) in [4.78, 5) is 45.3. The number of carboxylic acid groups (broad SMARTS) is 2. The zero-order valence-electron chi connectivity index (χ0n) is 10.7. The summed E-state index contributed by atoms with van der Waals surface area (Å²) in [5, 5.41) is 17.6. The van der Waals surface area contributed by atoms with E-state index in [2.05, 4.69) is 4.74 Å². The van der Waals surface area contributed by atoms with Crippen molar-refractivity contribution in [2.45, 2.75) is 13.8 Å². The highest BCUT2D eigenvalue weighted by Gasteiger charge is 2.29. The van der Waals surface area contributed by atoms with Crippen molar-refractivity contribution in [3.05, 3.63) is 0 Å². The molecule has 0 heterocycles. The lowest BCUT2D eigenvalue weighted by Gasteiger charge is -2.21. The summed E-state index contributed by atoms with van der Waals surface area (Å²) in [7, 11) is 0. The molecule has 0 radical (unpaired) electrons. The lowest BCUT2D eigenvalue weighted by molar-refractivity contribution is -0.158. The van der Waals surface area contributed by atoms with Gasteiger partial charge in [-0.2, -0.15) is 0 Å². The van der Waals surface area contributed by atoms with Gasteiger partial charge in [-0.05, 0) is 13.8 Å². The molecule has 3 amide bonds. The van der Waals surface area contributed by atoms with Crippen LogP contribution in [0.1, 0.15) is 13.8 Å². The first-order valence-electron chi connectivity index (χ1n) is 5.54. The second-order valence-corrected chi connectivity index (χ2v) is 3.32. The van der Waals surface area contributed by atoms with Crippen LogP contribution in [0.15, 0.2) is 0 Å². The van der Waals surface area contributed by atoms with Gasteiger partial charge in [0.05, 0.1) is 13.2 Å². The van der Waals surface area contributed by atoms with Crippen LogP contribution in [0, 0.1) is 0 Å². The summed E-state index contributed by atoms with van der Waals surface area (Å²) >= 11 is 0. The zero-order valence-corrected chi connectivity index (χ0v) is 10.7. The molecule has 9 nitrogen and oxygen atoms in total. The van der Waals surface area contributed by atoms with Crippen molar-refractivity contribution in [2.24, 2.45) is 0 Å². The number of carbonyl (C=O) groups excluding carboxylic acids is 2. The van der Waals surface area contributed by atoms with Crippen LogP contribution in [0.3, 0.4) is 0 Å². The van der Waals surface area contributed by atoms with E-state index in [4.69, 9.17) is 10.2 Å². The molecule has 0 rings (SSSR count). The van der Waals surface area contributed by atoms with E-state index in [-0.39, 0.29) is 24.6 Å². The molecule has 0 aliphatic rings. The molecule has 0 atom stereocenters. The summed E-state index contributed by atoms with van der Waals surface area (Å²) < 4.78 is 4.39. The predicted molar refractivity (Wildman–Crippen MR) is 61.6 cm³/mol. The van der Waals surface area contributed by atoms with Crippen LogP contribution < -0.4 is 0 Å². The Labute approximate surface area is 109 Å². The van der Waals surface area contributed by atoms with Crippen molar-refractivity contribution in [3.63, 3.8) is 0 Å². The molecule has 0 saturated carbocycles. The summed E-state index contributed by atoms with van der Waals surface area (Å²) in [6, 6.07) is 0. The molecule has 0 aliphatic carbocycles. The van der Waals surface area contributed by atoms with Gasteiger partial charge >= 0.3 is 24.1 Å². The summed E-state index contributed by atoms with van der Waals surface area (Å²) in [6.45, 7) is 2.45. The third-order valence-corrected chi connectivity index (χ3v) is 2.17. The van der Waals surface area contributed by atoms with Crippen LogP contribution >= 0.6 is 0 Å². The van der Waals surface area contributed by atoms with Gasteiger partial charge in [0.25, 0.3) is 0 Å². The van der Waals surface area contributed by atoms with Gasteiger partial charge in [0, 0.05) is 13.1 Å². The van der Waals surface area contributed by atoms with E-state index in [1.54, 1.807) is 6.92 Å². The van der Waals surface area contributed by atoms with Crippen LogP contribution in [0.25, 0.3) is 0 Å². The number of likely N-dealkylation sites (N-methyl/N-ethyl adjacent to an activating group) is 1. The van der Waals surface area contributed by atoms with Crippen molar-refractivity contribution in [3.8, 4) is 0 Å². The van der Waals surface area contributed by atoms with Crippen LogP contribution in [0.5, 0.6) is 0 Å². The standard InChI is InChI=1S/C10H16N2O7/c1-3-11(9(15)16)5-6-12(10(17)18)7(13)8(14)19-4-2/h3-6H2,1-2H3,(H,15,16)(H,17,18). The van der Waals surface area contributed by atoms with Crippen molar-refractivity contribution in [1.82, 2.24) is 9.80 Å². The Morgan fingerprint density at radius 2 is 1.58 bits per heavy atom. The molecular weight excluding hydrogens is 260 g/mol. The van der Waals surface area contributed by atoms with Crippen molar-refractivity contribution in [1.29, 1.82) is 0 Å². The molecule has 0 aromatic carbocycles. The Morgan fingerprint density at radius 3 is 1.95 bits per heavy atom. The predicted octanol–water partition coefficient (Wildman–Crippen LogP) is 0.0560. The van der Waals surface area contributed by atoms with Crippen LogP contribution in [-0.2, 0) is 14.3 Å². The molecule has 0 spiro atoms. The Kier molecular flexibility index (Phi) is 6.94. The lowest BCUT2D eigenvalue weighted by atomic mass is 10.4. The molecule has 19 heavy (non-hydrogen) atoms. The van der Waals surface area contributed by atoms with Crippen LogP contribution in [-0.4, -0.2) is 70.3 Å². The molecule has 0 aromatic heterocycles. The largest absolute Gasteiger partial charge is 0.465 e. The third kappa shape index (κ3) is 5.23. The van der Waals surface area contributed by atoms with Gasteiger partial charge in [0.2, 0.25) is 0 Å². The van der Waals surface area contributed by atoms with Gasteiger partial charge in [-0.25, -0.2) is 19.3 Å². The Balaban J connectivity index is 4.67. The number of amides is 3. The molecule has 108 valence electrons. The van der Waals surface area contributed by atoms with E-state index in [9.17, 15) is 19.2 Å². The molecule has 0 aromatic rings. The van der Waals surface area contributed by atoms with E-state index in [1.807, 2.05) is 0 Å². The Bertz CT molecular complexity index is 369. The molecule has 2 N–H and O–H groups in total. The normalized spacial score (nSPS) is 9.58. The first kappa shape index (κ1) is 16.7. The average Bonchev–Trinajstić information content (AvgIpc) is 2.33. The maximum absolute atomic E-state index is 11.4. The first-order chi connectivity index (χ1) is 8.84. The fourth-order valence-electron chi connectivity index (χ4n) is 1.20. The van der Waals surface area contributed by atoms with E-state index >= 15 is 0 Å². The van der Waals surface area contributed by atoms with Gasteiger partial charge in [0.1, 0.15) is 0 Å². The zero-order chi connectivity index (χ0) is 15.0. The number of hydrogen-bond donors (Lipinski definition) is 2. The molecule has 0 saturated heterocycles. The number of rotatable bonds is 5. The second-order valence-electron chi connectivity index (χ2n) is 3.32. The summed E-state index contributed by atoms with van der Waals surface area (Å²) in [5.74, 6) is -2.63. The van der Waals surface area contributed by atoms with E-state index in [0.29, 0.717) is 0 Å². The Morgan fingerprint density at radius 1 is 1.00 bits per heavy atom. The van der Waals surface area contributed by atoms with Gasteiger partial charge in [-0.3, -0.25) is 4.79 Å². The number of esters is 1. The summed E-state index contributed by atoms with van der Waals surface area (Å²) in [5.41, 5.74) is 0. The third-order valence-electron chi connectivity index (χ3n) is 2.17. The maximum atomic E-state index is 11.4. The highest BCUT2D eigenvalue weighted by atomic mass is 16.5. The molecule has 9 heteroatoms. The fraction of sp³-hybridized carbons (Fsp3) is 0.600. The van der Waals surface area contributed by atoms with Gasteiger partial charge in [-0.1, -0.05) is 0 Å². The maximum Gasteiger partial charge on any atom is 0.414 e. The molecular formula is C10H16N2O7. The minimum absolute atomic E-state index is 0.0613.